The van der Waals surface area contributed by atoms with E-state index in [4.69, 9.17) is 0 Å². The van der Waals surface area contributed by atoms with Gasteiger partial charge in [-0.3, -0.25) is 0 Å². The number of pyridine rings is 1. The van der Waals surface area contributed by atoms with E-state index >= 15 is 0 Å². The minimum atomic E-state index is -4.48. The van der Waals surface area contributed by atoms with Crippen LogP contribution in [0.25, 0.3) is 22.3 Å². The molecule has 4 nitrogen and oxygen atoms in total. The molecule has 3 rings (SSSR count). The first-order valence-corrected chi connectivity index (χ1v) is 5.37. The van der Waals surface area contributed by atoms with Crippen LogP contribution in [0.15, 0.2) is 36.9 Å². The number of hydrogen-bond acceptors (Lipinski definition) is 3. The predicted molar refractivity (Wildman–Crippen MR) is 62.1 cm³/mol. The summed E-state index contributed by atoms with van der Waals surface area (Å²) < 4.78 is 37.7. The number of halogens is 3. The first-order chi connectivity index (χ1) is 9.04. The molecular weight excluding hydrogens is 257 g/mol. The molecule has 0 saturated carbocycles. The van der Waals surface area contributed by atoms with Crippen molar-refractivity contribution in [3.8, 4) is 11.3 Å². The van der Waals surface area contributed by atoms with Gasteiger partial charge in [-0.2, -0.15) is 13.2 Å². The topological polar surface area (TPSA) is 54.5 Å². The number of hydrogen-bond donors (Lipinski definition) is 1. The molecule has 0 aliphatic rings. The van der Waals surface area contributed by atoms with Crippen molar-refractivity contribution < 1.29 is 13.2 Å². The molecule has 0 unspecified atom stereocenters. The Hall–Kier alpha value is -2.44. The molecule has 3 aromatic rings. The Bertz CT molecular complexity index is 733. The molecule has 3 heterocycles. The van der Waals surface area contributed by atoms with Gasteiger partial charge in [0.05, 0.1) is 5.69 Å². The maximum absolute atomic E-state index is 12.6. The fraction of sp³-hybridized carbons (Fsp3) is 0.0833. The van der Waals surface area contributed by atoms with Crippen LogP contribution in [0.4, 0.5) is 13.2 Å². The van der Waals surface area contributed by atoms with E-state index in [0.717, 1.165) is 17.8 Å². The zero-order valence-electron chi connectivity index (χ0n) is 9.44. The van der Waals surface area contributed by atoms with Crippen molar-refractivity contribution >= 4 is 11.0 Å². The van der Waals surface area contributed by atoms with Crippen LogP contribution in [0.2, 0.25) is 0 Å². The first kappa shape index (κ1) is 11.6. The van der Waals surface area contributed by atoms with Crippen LogP contribution in [0.1, 0.15) is 5.69 Å². The summed E-state index contributed by atoms with van der Waals surface area (Å²) in [5.41, 5.74) is 0.415. The Labute approximate surface area is 105 Å². The third-order valence-corrected chi connectivity index (χ3v) is 2.65. The Morgan fingerprint density at radius 3 is 2.68 bits per heavy atom. The standard InChI is InChI=1S/C12H7F3N4/c13-12(14,15)10-4-9(18-6-19-10)8-3-7-1-2-16-11(7)17-5-8/h1-6H,(H,16,17). The quantitative estimate of drug-likeness (QED) is 0.735. The number of H-pyrrole nitrogens is 1. The molecule has 0 aromatic carbocycles. The first-order valence-electron chi connectivity index (χ1n) is 5.37. The molecule has 0 aliphatic carbocycles. The van der Waals surface area contributed by atoms with Crippen LogP contribution in [0, 0.1) is 0 Å². The Morgan fingerprint density at radius 1 is 1.05 bits per heavy atom. The van der Waals surface area contributed by atoms with Crippen LogP contribution in [-0.4, -0.2) is 19.9 Å². The van der Waals surface area contributed by atoms with Gasteiger partial charge < -0.3 is 4.98 Å². The van der Waals surface area contributed by atoms with Gasteiger partial charge in [0.15, 0.2) is 0 Å². The second kappa shape index (κ2) is 4.04. The second-order valence-electron chi connectivity index (χ2n) is 3.93. The average molecular weight is 264 g/mol. The molecule has 1 N–H and O–H groups in total. The van der Waals surface area contributed by atoms with Crippen LogP contribution in [0.3, 0.4) is 0 Å². The van der Waals surface area contributed by atoms with E-state index in [1.54, 1.807) is 18.3 Å². The van der Waals surface area contributed by atoms with Gasteiger partial charge in [-0.15, -0.1) is 0 Å². The molecular formula is C12H7F3N4. The number of aromatic nitrogens is 4. The lowest BCUT2D eigenvalue weighted by molar-refractivity contribution is -0.141. The lowest BCUT2D eigenvalue weighted by Gasteiger charge is -2.06. The maximum atomic E-state index is 12.6. The highest BCUT2D eigenvalue weighted by Crippen LogP contribution is 2.29. The van der Waals surface area contributed by atoms with Crippen molar-refractivity contribution in [3.63, 3.8) is 0 Å². The molecule has 0 fully saturated rings. The maximum Gasteiger partial charge on any atom is 0.433 e. The zero-order chi connectivity index (χ0) is 13.5. The lowest BCUT2D eigenvalue weighted by Crippen LogP contribution is -2.08. The highest BCUT2D eigenvalue weighted by Gasteiger charge is 2.32. The van der Waals surface area contributed by atoms with Crippen molar-refractivity contribution in [2.75, 3.05) is 0 Å². The summed E-state index contributed by atoms with van der Waals surface area (Å²) in [6.45, 7) is 0. The van der Waals surface area contributed by atoms with Crippen LogP contribution in [0.5, 0.6) is 0 Å². The number of aromatic amines is 1. The molecule has 0 bridgehead atoms. The van der Waals surface area contributed by atoms with Crippen molar-refractivity contribution in [2.45, 2.75) is 6.18 Å². The summed E-state index contributed by atoms with van der Waals surface area (Å²) in [7, 11) is 0. The van der Waals surface area contributed by atoms with Gasteiger partial charge in [0.1, 0.15) is 17.7 Å². The van der Waals surface area contributed by atoms with Crippen molar-refractivity contribution in [1.29, 1.82) is 0 Å². The number of nitrogens with one attached hydrogen (secondary N) is 1. The summed E-state index contributed by atoms with van der Waals surface area (Å²) in [5.74, 6) is 0. The van der Waals surface area contributed by atoms with Crippen LogP contribution >= 0.6 is 0 Å². The normalized spacial score (nSPS) is 11.9. The van der Waals surface area contributed by atoms with E-state index in [-0.39, 0.29) is 5.69 Å². The summed E-state index contributed by atoms with van der Waals surface area (Å²) >= 11 is 0. The van der Waals surface area contributed by atoms with Gasteiger partial charge in [0.25, 0.3) is 0 Å². The summed E-state index contributed by atoms with van der Waals surface area (Å²) in [6, 6.07) is 4.43. The van der Waals surface area contributed by atoms with Crippen LogP contribution < -0.4 is 0 Å². The molecule has 0 saturated heterocycles. The van der Waals surface area contributed by atoms with Crippen molar-refractivity contribution in [1.82, 2.24) is 19.9 Å². The summed E-state index contributed by atoms with van der Waals surface area (Å²) in [4.78, 5) is 14.1. The number of fused-ring (bicyclic) bond motifs is 1. The van der Waals surface area contributed by atoms with Gasteiger partial charge in [0, 0.05) is 23.3 Å². The van der Waals surface area contributed by atoms with E-state index in [1.165, 1.54) is 6.20 Å². The van der Waals surface area contributed by atoms with Gasteiger partial charge in [-0.1, -0.05) is 0 Å². The van der Waals surface area contributed by atoms with E-state index in [1.807, 2.05) is 0 Å². The highest BCUT2D eigenvalue weighted by atomic mass is 19.4. The van der Waals surface area contributed by atoms with Gasteiger partial charge in [0.2, 0.25) is 0 Å². The number of rotatable bonds is 1. The molecule has 0 spiro atoms. The van der Waals surface area contributed by atoms with Gasteiger partial charge in [-0.05, 0) is 18.2 Å². The Kier molecular flexibility index (Phi) is 2.48. The van der Waals surface area contributed by atoms with E-state index < -0.39 is 11.9 Å². The zero-order valence-corrected chi connectivity index (χ0v) is 9.44. The highest BCUT2D eigenvalue weighted by molar-refractivity contribution is 5.80. The molecule has 3 aromatic heterocycles. The second-order valence-corrected chi connectivity index (χ2v) is 3.93. The van der Waals surface area contributed by atoms with Gasteiger partial charge >= 0.3 is 6.18 Å². The fourth-order valence-electron chi connectivity index (χ4n) is 1.75. The number of alkyl halides is 3. The Balaban J connectivity index is 2.10. The van der Waals surface area contributed by atoms with Crippen molar-refractivity contribution in [3.05, 3.63) is 42.6 Å². The van der Waals surface area contributed by atoms with Crippen LogP contribution in [-0.2, 0) is 6.18 Å². The fourth-order valence-corrected chi connectivity index (χ4v) is 1.75. The number of nitrogens with zero attached hydrogens (tertiary/aromatic N) is 3. The summed E-state index contributed by atoms with van der Waals surface area (Å²) in [5, 5.41) is 0.810. The molecule has 0 amide bonds. The summed E-state index contributed by atoms with van der Waals surface area (Å²) in [6.07, 6.45) is -0.396. The molecule has 0 aliphatic heterocycles. The Morgan fingerprint density at radius 2 is 1.89 bits per heavy atom. The molecule has 7 heteroatoms. The van der Waals surface area contributed by atoms with E-state index in [2.05, 4.69) is 19.9 Å². The van der Waals surface area contributed by atoms with Gasteiger partial charge in [-0.25, -0.2) is 15.0 Å². The van der Waals surface area contributed by atoms with E-state index in [9.17, 15) is 13.2 Å². The predicted octanol–water partition coefficient (Wildman–Crippen LogP) is 3.04. The third kappa shape index (κ3) is 2.14. The molecule has 0 atom stereocenters. The minimum absolute atomic E-state index is 0.193. The average Bonchev–Trinajstić information content (AvgIpc) is 2.85. The SMILES string of the molecule is FC(F)(F)c1cc(-c2cnc3[nH]ccc3c2)ncn1. The smallest absolute Gasteiger partial charge is 0.346 e. The monoisotopic (exact) mass is 264 g/mol. The molecule has 96 valence electrons. The minimum Gasteiger partial charge on any atom is -0.346 e. The largest absolute Gasteiger partial charge is 0.433 e. The molecule has 19 heavy (non-hydrogen) atoms. The van der Waals surface area contributed by atoms with Crippen molar-refractivity contribution in [2.24, 2.45) is 0 Å². The van der Waals surface area contributed by atoms with E-state index in [0.29, 0.717) is 11.2 Å². The third-order valence-electron chi connectivity index (χ3n) is 2.65. The molecule has 0 radical (unpaired) electrons. The lowest BCUT2D eigenvalue weighted by atomic mass is 10.1.